The lowest BCUT2D eigenvalue weighted by Gasteiger charge is -2.27. The molecule has 3 aromatic rings. The van der Waals surface area contributed by atoms with Crippen LogP contribution in [-0.2, 0) is 14.3 Å². The molecule has 2 fully saturated rings. The van der Waals surface area contributed by atoms with Crippen LogP contribution in [0.25, 0.3) is 5.76 Å². The molecule has 0 saturated carbocycles. The lowest BCUT2D eigenvalue weighted by atomic mass is 9.95. The van der Waals surface area contributed by atoms with Crippen molar-refractivity contribution in [3.8, 4) is 11.5 Å². The first-order chi connectivity index (χ1) is 17.0. The fourth-order valence-electron chi connectivity index (χ4n) is 4.56. The predicted octanol–water partition coefficient (Wildman–Crippen LogP) is 5.22. The molecule has 7 heteroatoms. The Balaban J connectivity index is 1.58. The summed E-state index contributed by atoms with van der Waals surface area (Å²) in [6.45, 7) is 0.828. The van der Waals surface area contributed by atoms with Crippen LogP contribution in [-0.4, -0.2) is 41.0 Å². The van der Waals surface area contributed by atoms with Crippen LogP contribution in [0, 0.1) is 5.82 Å². The van der Waals surface area contributed by atoms with Crippen LogP contribution in [0.3, 0.4) is 0 Å². The van der Waals surface area contributed by atoms with E-state index in [1.807, 2.05) is 30.3 Å². The maximum Gasteiger partial charge on any atom is 0.295 e. The van der Waals surface area contributed by atoms with Gasteiger partial charge in [0.15, 0.2) is 0 Å². The number of hydrogen-bond donors (Lipinski definition) is 1. The number of para-hydroxylation sites is 1. The van der Waals surface area contributed by atoms with E-state index in [-0.39, 0.29) is 29.5 Å². The second-order valence-corrected chi connectivity index (χ2v) is 8.58. The summed E-state index contributed by atoms with van der Waals surface area (Å²) in [6.07, 6.45) is 1.48. The van der Waals surface area contributed by atoms with E-state index in [1.54, 1.807) is 24.3 Å². The standard InChI is InChI=1S/C28H24FNO5/c29-20-13-11-18(12-14-20)26(31)24-25(30(28(33)27(24)32)17-23-10-5-15-34-23)19-6-4-9-22(16-19)35-21-7-2-1-3-8-21/h1-4,6-9,11-14,16,23,25,31H,5,10,15,17H2/t23-,25-/m1/s1. The number of nitrogens with zero attached hydrogens (tertiary/aromatic N) is 1. The van der Waals surface area contributed by atoms with Crippen molar-refractivity contribution in [1.82, 2.24) is 4.90 Å². The Morgan fingerprint density at radius 3 is 2.46 bits per heavy atom. The minimum atomic E-state index is -0.844. The van der Waals surface area contributed by atoms with Crippen molar-refractivity contribution in [3.05, 3.63) is 101 Å². The van der Waals surface area contributed by atoms with Crippen LogP contribution in [0.1, 0.15) is 30.0 Å². The number of amides is 1. The van der Waals surface area contributed by atoms with Gasteiger partial charge in [-0.25, -0.2) is 4.39 Å². The number of benzene rings is 3. The highest BCUT2D eigenvalue weighted by Gasteiger charge is 2.47. The Kier molecular flexibility index (Phi) is 6.33. The van der Waals surface area contributed by atoms with Crippen LogP contribution in [0.4, 0.5) is 4.39 Å². The van der Waals surface area contributed by atoms with Gasteiger partial charge in [0.05, 0.1) is 17.7 Å². The number of Topliss-reactive ketones (excluding diaryl/α,β-unsaturated/α-hetero) is 1. The van der Waals surface area contributed by atoms with Crippen molar-refractivity contribution in [2.45, 2.75) is 25.0 Å². The molecule has 2 saturated heterocycles. The number of hydrogen-bond acceptors (Lipinski definition) is 5. The highest BCUT2D eigenvalue weighted by molar-refractivity contribution is 6.46. The summed E-state index contributed by atoms with van der Waals surface area (Å²) in [5, 5.41) is 11.1. The molecule has 0 bridgehead atoms. The number of halogens is 1. The predicted molar refractivity (Wildman–Crippen MR) is 127 cm³/mol. The molecule has 178 valence electrons. The minimum absolute atomic E-state index is 0.0449. The highest BCUT2D eigenvalue weighted by Crippen LogP contribution is 2.41. The third-order valence-corrected chi connectivity index (χ3v) is 6.23. The molecule has 5 rings (SSSR count). The highest BCUT2D eigenvalue weighted by atomic mass is 19.1. The van der Waals surface area contributed by atoms with Crippen LogP contribution >= 0.6 is 0 Å². The number of ketones is 1. The molecule has 0 radical (unpaired) electrons. The maximum absolute atomic E-state index is 13.5. The summed E-state index contributed by atoms with van der Waals surface area (Å²) < 4.78 is 25.2. The lowest BCUT2D eigenvalue weighted by molar-refractivity contribution is -0.140. The van der Waals surface area contributed by atoms with Gasteiger partial charge in [0.1, 0.15) is 23.1 Å². The number of ether oxygens (including phenoxy) is 2. The number of likely N-dealkylation sites (tertiary alicyclic amines) is 1. The minimum Gasteiger partial charge on any atom is -0.507 e. The molecular weight excluding hydrogens is 449 g/mol. The zero-order valence-electron chi connectivity index (χ0n) is 18.9. The number of aliphatic hydroxyl groups is 1. The zero-order chi connectivity index (χ0) is 24.4. The molecule has 0 aromatic heterocycles. The lowest BCUT2D eigenvalue weighted by Crippen LogP contribution is -2.36. The molecule has 0 spiro atoms. The van der Waals surface area contributed by atoms with Gasteiger partial charge in [-0.3, -0.25) is 9.59 Å². The summed E-state index contributed by atoms with van der Waals surface area (Å²) in [4.78, 5) is 27.8. The SMILES string of the molecule is O=C1C(=O)N(C[C@H]2CCCO2)[C@H](c2cccc(Oc3ccccc3)c2)C1=C(O)c1ccc(F)cc1. The van der Waals surface area contributed by atoms with Crippen molar-refractivity contribution in [3.63, 3.8) is 0 Å². The second kappa shape index (κ2) is 9.72. The molecular formula is C28H24FNO5. The first kappa shape index (κ1) is 22.8. The van der Waals surface area contributed by atoms with Crippen LogP contribution in [0.5, 0.6) is 11.5 Å². The summed E-state index contributed by atoms with van der Waals surface area (Å²) in [7, 11) is 0. The molecule has 1 amide bonds. The first-order valence-electron chi connectivity index (χ1n) is 11.5. The van der Waals surface area contributed by atoms with Gasteiger partial charge in [-0.2, -0.15) is 0 Å². The topological polar surface area (TPSA) is 76.1 Å². The molecule has 6 nitrogen and oxygen atoms in total. The van der Waals surface area contributed by atoms with Crippen molar-refractivity contribution in [2.75, 3.05) is 13.2 Å². The van der Waals surface area contributed by atoms with Crippen LogP contribution in [0.2, 0.25) is 0 Å². The quantitative estimate of drug-likeness (QED) is 0.302. The molecule has 0 aliphatic carbocycles. The third-order valence-electron chi connectivity index (χ3n) is 6.23. The number of rotatable bonds is 6. The molecule has 2 aliphatic rings. The summed E-state index contributed by atoms with van der Waals surface area (Å²) in [5.41, 5.74) is 0.818. The van der Waals surface area contributed by atoms with E-state index < -0.39 is 23.5 Å². The van der Waals surface area contributed by atoms with E-state index in [4.69, 9.17) is 9.47 Å². The Bertz CT molecular complexity index is 1270. The van der Waals surface area contributed by atoms with Gasteiger partial charge in [0.2, 0.25) is 0 Å². The van der Waals surface area contributed by atoms with E-state index in [1.165, 1.54) is 29.2 Å². The Morgan fingerprint density at radius 1 is 1.00 bits per heavy atom. The number of aliphatic hydroxyl groups excluding tert-OH is 1. The molecule has 0 unspecified atom stereocenters. The molecule has 3 aromatic carbocycles. The molecule has 35 heavy (non-hydrogen) atoms. The van der Waals surface area contributed by atoms with Crippen molar-refractivity contribution in [1.29, 1.82) is 0 Å². The smallest absolute Gasteiger partial charge is 0.295 e. The van der Waals surface area contributed by atoms with Crippen molar-refractivity contribution >= 4 is 17.4 Å². The largest absolute Gasteiger partial charge is 0.507 e. The van der Waals surface area contributed by atoms with Gasteiger partial charge < -0.3 is 19.5 Å². The third kappa shape index (κ3) is 4.68. The van der Waals surface area contributed by atoms with Gasteiger partial charge in [0, 0.05) is 18.7 Å². The van der Waals surface area contributed by atoms with Gasteiger partial charge in [-0.15, -0.1) is 0 Å². The summed E-state index contributed by atoms with van der Waals surface area (Å²) >= 11 is 0. The average molecular weight is 474 g/mol. The maximum atomic E-state index is 13.5. The van der Waals surface area contributed by atoms with Gasteiger partial charge in [-0.1, -0.05) is 30.3 Å². The number of carbonyl (C=O) groups is 2. The van der Waals surface area contributed by atoms with E-state index in [2.05, 4.69) is 0 Å². The van der Waals surface area contributed by atoms with Crippen LogP contribution < -0.4 is 4.74 Å². The van der Waals surface area contributed by atoms with E-state index in [0.717, 1.165) is 12.8 Å². The van der Waals surface area contributed by atoms with Crippen molar-refractivity contribution in [2.24, 2.45) is 0 Å². The molecule has 1 N–H and O–H groups in total. The summed E-state index contributed by atoms with van der Waals surface area (Å²) in [6, 6.07) is 20.7. The van der Waals surface area contributed by atoms with E-state index in [0.29, 0.717) is 23.7 Å². The molecule has 2 heterocycles. The van der Waals surface area contributed by atoms with E-state index >= 15 is 0 Å². The molecule has 2 aliphatic heterocycles. The normalized spacial score (nSPS) is 21.5. The summed E-state index contributed by atoms with van der Waals surface area (Å²) in [5.74, 6) is -1.14. The van der Waals surface area contributed by atoms with E-state index in [9.17, 15) is 19.1 Å². The van der Waals surface area contributed by atoms with Crippen LogP contribution in [0.15, 0.2) is 84.4 Å². The molecule has 2 atom stereocenters. The first-order valence-corrected chi connectivity index (χ1v) is 11.5. The Labute approximate surface area is 202 Å². The Hall–Kier alpha value is -3.97. The van der Waals surface area contributed by atoms with Crippen molar-refractivity contribution < 1.29 is 28.6 Å². The fourth-order valence-corrected chi connectivity index (χ4v) is 4.56. The average Bonchev–Trinajstić information content (AvgIpc) is 3.47. The Morgan fingerprint density at radius 2 is 1.74 bits per heavy atom. The van der Waals surface area contributed by atoms with Gasteiger partial charge >= 0.3 is 0 Å². The second-order valence-electron chi connectivity index (χ2n) is 8.58. The van der Waals surface area contributed by atoms with Gasteiger partial charge in [-0.05, 0) is 66.9 Å². The van der Waals surface area contributed by atoms with Gasteiger partial charge in [0.25, 0.3) is 11.7 Å². The fraction of sp³-hybridized carbons (Fsp3) is 0.214. The monoisotopic (exact) mass is 473 g/mol. The zero-order valence-corrected chi connectivity index (χ0v) is 18.9. The number of carbonyl (C=O) groups excluding carboxylic acids is 2.